The number of carbonyl (C=O) groups is 2. The van der Waals surface area contributed by atoms with Gasteiger partial charge < -0.3 is 19.0 Å². The Labute approximate surface area is 160 Å². The molecule has 2 rings (SSSR count). The van der Waals surface area contributed by atoms with Crippen molar-refractivity contribution in [3.05, 3.63) is 24.2 Å². The summed E-state index contributed by atoms with van der Waals surface area (Å²) in [7, 11) is 0. The quantitative estimate of drug-likeness (QED) is 0.582. The molecule has 1 aromatic heterocycles. The number of hydrogen-bond acceptors (Lipinski definition) is 4. The van der Waals surface area contributed by atoms with E-state index in [1.165, 1.54) is 0 Å². The zero-order valence-electron chi connectivity index (χ0n) is 15.7. The summed E-state index contributed by atoms with van der Waals surface area (Å²) in [5, 5.41) is 0. The van der Waals surface area contributed by atoms with Crippen molar-refractivity contribution in [3.8, 4) is 0 Å². The van der Waals surface area contributed by atoms with Crippen LogP contribution in [-0.2, 0) is 20.9 Å². The van der Waals surface area contributed by atoms with E-state index in [1.807, 2.05) is 19.9 Å². The highest BCUT2D eigenvalue weighted by atomic mass is 35.5. The normalized spacial score (nSPS) is 16.8. The van der Waals surface area contributed by atoms with Gasteiger partial charge in [0.1, 0.15) is 5.76 Å². The summed E-state index contributed by atoms with van der Waals surface area (Å²) >= 11 is 5.71. The topological polar surface area (TPSA) is 63.0 Å². The Morgan fingerprint density at radius 2 is 2.12 bits per heavy atom. The molecule has 0 radical (unpaired) electrons. The Kier molecular flexibility index (Phi) is 8.45. The van der Waals surface area contributed by atoms with Gasteiger partial charge in [-0.1, -0.05) is 13.8 Å². The zero-order valence-corrected chi connectivity index (χ0v) is 16.4. The molecule has 7 heteroatoms. The summed E-state index contributed by atoms with van der Waals surface area (Å²) in [4.78, 5) is 28.6. The Balaban J connectivity index is 2.04. The van der Waals surface area contributed by atoms with Crippen LogP contribution in [0.5, 0.6) is 0 Å². The third-order valence-corrected chi connectivity index (χ3v) is 4.49. The molecule has 1 aromatic rings. The van der Waals surface area contributed by atoms with Gasteiger partial charge in [-0.3, -0.25) is 9.59 Å². The lowest BCUT2D eigenvalue weighted by atomic mass is 10.2. The summed E-state index contributed by atoms with van der Waals surface area (Å²) in [5.74, 6) is 1.07. The van der Waals surface area contributed by atoms with E-state index >= 15 is 0 Å². The number of halogens is 1. The smallest absolute Gasteiger partial charge is 0.242 e. The van der Waals surface area contributed by atoms with Crippen molar-refractivity contribution in [2.45, 2.75) is 45.8 Å². The summed E-state index contributed by atoms with van der Waals surface area (Å²) in [6.45, 7) is 6.28. The number of alkyl halides is 1. The van der Waals surface area contributed by atoms with E-state index in [9.17, 15) is 9.59 Å². The molecule has 1 fully saturated rings. The van der Waals surface area contributed by atoms with Crippen molar-refractivity contribution in [2.75, 3.05) is 32.1 Å². The minimum absolute atomic E-state index is 0.0472. The zero-order chi connectivity index (χ0) is 18.9. The predicted octanol–water partition coefficient (Wildman–Crippen LogP) is 2.90. The minimum Gasteiger partial charge on any atom is -0.467 e. The fraction of sp³-hybridized carbons (Fsp3) is 0.684. The van der Waals surface area contributed by atoms with Gasteiger partial charge in [0.2, 0.25) is 11.8 Å². The molecule has 6 nitrogen and oxygen atoms in total. The van der Waals surface area contributed by atoms with E-state index in [4.69, 9.17) is 20.8 Å². The second-order valence-corrected chi connectivity index (χ2v) is 7.47. The van der Waals surface area contributed by atoms with Crippen LogP contribution < -0.4 is 0 Å². The Morgan fingerprint density at radius 3 is 2.69 bits per heavy atom. The van der Waals surface area contributed by atoms with Crippen molar-refractivity contribution in [3.63, 3.8) is 0 Å². The summed E-state index contributed by atoms with van der Waals surface area (Å²) in [5.41, 5.74) is 0. The molecule has 0 aromatic carbocycles. The van der Waals surface area contributed by atoms with Crippen LogP contribution in [0, 0.1) is 5.92 Å². The number of carbonyl (C=O) groups excluding carboxylic acids is 2. The second-order valence-electron chi connectivity index (χ2n) is 7.10. The van der Waals surface area contributed by atoms with E-state index in [-0.39, 0.29) is 42.7 Å². The van der Waals surface area contributed by atoms with Gasteiger partial charge >= 0.3 is 0 Å². The van der Waals surface area contributed by atoms with E-state index in [1.54, 1.807) is 22.1 Å². The van der Waals surface area contributed by atoms with E-state index in [2.05, 4.69) is 0 Å². The molecule has 26 heavy (non-hydrogen) atoms. The van der Waals surface area contributed by atoms with Crippen molar-refractivity contribution in [1.29, 1.82) is 0 Å². The Bertz CT molecular complexity index is 556. The molecule has 0 spiro atoms. The van der Waals surface area contributed by atoms with Crippen molar-refractivity contribution in [2.24, 2.45) is 5.92 Å². The van der Waals surface area contributed by atoms with Crippen LogP contribution in [0.4, 0.5) is 0 Å². The standard InChI is InChI=1S/C19H29ClN2O4/c1-15(2)11-21(18(23)7-8-20)14-19(24)22(12-16-5-3-9-25-16)13-17-6-4-10-26-17/h3,5,9,15,17H,4,6-8,10-14H2,1-2H3/t17-/m0/s1. The van der Waals surface area contributed by atoms with E-state index in [0.717, 1.165) is 25.2 Å². The number of amides is 2. The monoisotopic (exact) mass is 384 g/mol. The molecule has 1 saturated heterocycles. The minimum atomic E-state index is -0.0968. The van der Waals surface area contributed by atoms with Gasteiger partial charge in [0.25, 0.3) is 0 Å². The van der Waals surface area contributed by atoms with Crippen LogP contribution in [0.2, 0.25) is 0 Å². The summed E-state index contributed by atoms with van der Waals surface area (Å²) < 4.78 is 11.1. The highest BCUT2D eigenvalue weighted by Crippen LogP contribution is 2.16. The van der Waals surface area contributed by atoms with Gasteiger partial charge in [0.05, 0.1) is 25.5 Å². The molecular formula is C19H29ClN2O4. The third kappa shape index (κ3) is 6.65. The fourth-order valence-electron chi connectivity index (χ4n) is 3.08. The van der Waals surface area contributed by atoms with Crippen LogP contribution in [0.1, 0.15) is 38.9 Å². The molecule has 1 aliphatic rings. The number of rotatable bonds is 10. The molecular weight excluding hydrogens is 356 g/mol. The van der Waals surface area contributed by atoms with Gasteiger partial charge in [0, 0.05) is 32.0 Å². The summed E-state index contributed by atoms with van der Waals surface area (Å²) in [6.07, 6.45) is 3.85. The average Bonchev–Trinajstić information content (AvgIpc) is 3.27. The van der Waals surface area contributed by atoms with Crippen LogP contribution in [0.25, 0.3) is 0 Å². The van der Waals surface area contributed by atoms with E-state index in [0.29, 0.717) is 19.6 Å². The predicted molar refractivity (Wildman–Crippen MR) is 99.9 cm³/mol. The number of ether oxygens (including phenoxy) is 1. The molecule has 2 heterocycles. The average molecular weight is 385 g/mol. The molecule has 0 saturated carbocycles. The van der Waals surface area contributed by atoms with Gasteiger partial charge in [-0.2, -0.15) is 0 Å². The maximum atomic E-state index is 13.0. The molecule has 0 N–H and O–H groups in total. The molecule has 0 unspecified atom stereocenters. The first-order valence-electron chi connectivity index (χ1n) is 9.25. The van der Waals surface area contributed by atoms with Gasteiger partial charge in [0.15, 0.2) is 0 Å². The van der Waals surface area contributed by atoms with Crippen molar-refractivity contribution < 1.29 is 18.7 Å². The first-order valence-corrected chi connectivity index (χ1v) is 9.78. The number of nitrogens with zero attached hydrogens (tertiary/aromatic N) is 2. The Hall–Kier alpha value is -1.53. The lowest BCUT2D eigenvalue weighted by Crippen LogP contribution is -2.46. The molecule has 2 amide bonds. The molecule has 1 aliphatic heterocycles. The van der Waals surface area contributed by atoms with Crippen LogP contribution in [0.3, 0.4) is 0 Å². The van der Waals surface area contributed by atoms with Crippen molar-refractivity contribution in [1.82, 2.24) is 9.80 Å². The first-order chi connectivity index (χ1) is 12.5. The SMILES string of the molecule is CC(C)CN(CC(=O)N(Cc1ccco1)C[C@@H]1CCCO1)C(=O)CCCl. The molecule has 146 valence electrons. The molecule has 0 bridgehead atoms. The highest BCUT2D eigenvalue weighted by molar-refractivity contribution is 6.18. The maximum Gasteiger partial charge on any atom is 0.242 e. The lowest BCUT2D eigenvalue weighted by molar-refractivity contribution is -0.142. The second kappa shape index (κ2) is 10.6. The number of hydrogen-bond donors (Lipinski definition) is 0. The lowest BCUT2D eigenvalue weighted by Gasteiger charge is -2.29. The van der Waals surface area contributed by atoms with Gasteiger partial charge in [-0.25, -0.2) is 0 Å². The Morgan fingerprint density at radius 1 is 1.31 bits per heavy atom. The fourth-order valence-corrected chi connectivity index (χ4v) is 3.24. The third-order valence-electron chi connectivity index (χ3n) is 4.30. The van der Waals surface area contributed by atoms with Gasteiger partial charge in [-0.15, -0.1) is 11.6 Å². The van der Waals surface area contributed by atoms with Crippen LogP contribution in [-0.4, -0.2) is 59.8 Å². The number of furan rings is 1. The van der Waals surface area contributed by atoms with E-state index < -0.39 is 0 Å². The molecule has 1 atom stereocenters. The van der Waals surface area contributed by atoms with Gasteiger partial charge in [-0.05, 0) is 30.9 Å². The van der Waals surface area contributed by atoms with Crippen LogP contribution >= 0.6 is 11.6 Å². The highest BCUT2D eigenvalue weighted by Gasteiger charge is 2.26. The maximum absolute atomic E-state index is 13.0. The first kappa shape index (κ1) is 20.8. The van der Waals surface area contributed by atoms with Crippen LogP contribution in [0.15, 0.2) is 22.8 Å². The largest absolute Gasteiger partial charge is 0.467 e. The summed E-state index contributed by atoms with van der Waals surface area (Å²) in [6, 6.07) is 3.65. The van der Waals surface area contributed by atoms with Crippen molar-refractivity contribution >= 4 is 23.4 Å². The molecule has 0 aliphatic carbocycles.